The van der Waals surface area contributed by atoms with Crippen LogP contribution in [0.4, 0.5) is 0 Å². The Morgan fingerprint density at radius 2 is 2.20 bits per heavy atom. The van der Waals surface area contributed by atoms with Crippen LogP contribution in [0.15, 0.2) is 22.8 Å². The number of rotatable bonds is 3. The first-order valence-corrected chi connectivity index (χ1v) is 4.73. The first-order valence-electron chi connectivity index (χ1n) is 4.73. The molecule has 0 aliphatic heterocycles. The van der Waals surface area contributed by atoms with Gasteiger partial charge in [0.05, 0.1) is 6.26 Å². The predicted molar refractivity (Wildman–Crippen MR) is 50.4 cm³/mol. The third kappa shape index (κ3) is 1.60. The SMILES string of the molecule is O=C(NC1(C(=O)O)CCC1)c1ccco1. The second-order valence-corrected chi connectivity index (χ2v) is 3.67. The molecule has 0 radical (unpaired) electrons. The van der Waals surface area contributed by atoms with E-state index in [1.54, 1.807) is 6.07 Å². The van der Waals surface area contributed by atoms with Gasteiger partial charge in [-0.2, -0.15) is 0 Å². The maximum Gasteiger partial charge on any atom is 0.329 e. The zero-order valence-corrected chi connectivity index (χ0v) is 8.03. The predicted octanol–water partition coefficient (Wildman–Crippen LogP) is 1.02. The van der Waals surface area contributed by atoms with Gasteiger partial charge in [-0.3, -0.25) is 4.79 Å². The Morgan fingerprint density at radius 3 is 2.60 bits per heavy atom. The molecule has 1 saturated carbocycles. The van der Waals surface area contributed by atoms with E-state index in [4.69, 9.17) is 9.52 Å². The molecule has 0 spiro atoms. The van der Waals surface area contributed by atoms with Crippen LogP contribution in [0.5, 0.6) is 0 Å². The molecule has 1 aliphatic rings. The normalized spacial score (nSPS) is 17.9. The van der Waals surface area contributed by atoms with Gasteiger partial charge in [0.2, 0.25) is 0 Å². The third-order valence-electron chi connectivity index (χ3n) is 2.71. The fourth-order valence-electron chi connectivity index (χ4n) is 1.61. The number of aliphatic carboxylic acids is 1. The van der Waals surface area contributed by atoms with E-state index in [1.807, 2.05) is 0 Å². The highest BCUT2D eigenvalue weighted by Crippen LogP contribution is 2.32. The molecule has 5 heteroatoms. The number of furan rings is 1. The maximum atomic E-state index is 11.6. The van der Waals surface area contributed by atoms with Gasteiger partial charge < -0.3 is 14.8 Å². The lowest BCUT2D eigenvalue weighted by molar-refractivity contribution is -0.148. The summed E-state index contributed by atoms with van der Waals surface area (Å²) < 4.78 is 4.88. The molecule has 0 saturated heterocycles. The van der Waals surface area contributed by atoms with Gasteiger partial charge in [-0.25, -0.2) is 4.79 Å². The number of amides is 1. The Morgan fingerprint density at radius 1 is 1.47 bits per heavy atom. The molecular weight excluding hydrogens is 198 g/mol. The number of carbonyl (C=O) groups is 2. The van der Waals surface area contributed by atoms with E-state index in [9.17, 15) is 9.59 Å². The number of nitrogens with one attached hydrogen (secondary N) is 1. The molecule has 1 amide bonds. The average Bonchev–Trinajstić information content (AvgIpc) is 2.62. The molecular formula is C10H11NO4. The van der Waals surface area contributed by atoms with E-state index in [-0.39, 0.29) is 5.76 Å². The van der Waals surface area contributed by atoms with Crippen molar-refractivity contribution in [3.63, 3.8) is 0 Å². The number of hydrogen-bond donors (Lipinski definition) is 2. The molecule has 0 aromatic carbocycles. The Bertz CT molecular complexity index is 378. The topological polar surface area (TPSA) is 79.5 Å². The van der Waals surface area contributed by atoms with E-state index >= 15 is 0 Å². The lowest BCUT2D eigenvalue weighted by Gasteiger charge is -2.37. The summed E-state index contributed by atoms with van der Waals surface area (Å²) in [4.78, 5) is 22.5. The zero-order chi connectivity index (χ0) is 10.9. The standard InChI is InChI=1S/C10H11NO4/c12-8(7-3-1-6-15-7)11-10(9(13)14)4-2-5-10/h1,3,6H,2,4-5H2,(H,11,12)(H,13,14). The largest absolute Gasteiger partial charge is 0.480 e. The lowest BCUT2D eigenvalue weighted by atomic mass is 9.76. The van der Waals surface area contributed by atoms with E-state index in [2.05, 4.69) is 5.32 Å². The molecule has 0 bridgehead atoms. The highest BCUT2D eigenvalue weighted by molar-refractivity contribution is 5.96. The Hall–Kier alpha value is -1.78. The highest BCUT2D eigenvalue weighted by atomic mass is 16.4. The van der Waals surface area contributed by atoms with Gasteiger partial charge >= 0.3 is 5.97 Å². The summed E-state index contributed by atoms with van der Waals surface area (Å²) >= 11 is 0. The van der Waals surface area contributed by atoms with Crippen molar-refractivity contribution in [1.82, 2.24) is 5.32 Å². The molecule has 2 rings (SSSR count). The Labute approximate surface area is 86.1 Å². The van der Waals surface area contributed by atoms with Gasteiger partial charge in [0.25, 0.3) is 5.91 Å². The third-order valence-corrected chi connectivity index (χ3v) is 2.71. The summed E-state index contributed by atoms with van der Waals surface area (Å²) in [5.74, 6) is -1.31. The van der Waals surface area contributed by atoms with Crippen molar-refractivity contribution in [3.8, 4) is 0 Å². The minimum absolute atomic E-state index is 0.141. The summed E-state index contributed by atoms with van der Waals surface area (Å²) in [5, 5.41) is 11.5. The number of carboxylic acids is 1. The smallest absolute Gasteiger partial charge is 0.329 e. The first-order chi connectivity index (χ1) is 7.14. The van der Waals surface area contributed by atoms with Gasteiger partial charge in [-0.15, -0.1) is 0 Å². The fraction of sp³-hybridized carbons (Fsp3) is 0.400. The Kier molecular flexibility index (Phi) is 2.22. The second-order valence-electron chi connectivity index (χ2n) is 3.67. The average molecular weight is 209 g/mol. The van der Waals surface area contributed by atoms with Crippen LogP contribution in [-0.4, -0.2) is 22.5 Å². The van der Waals surface area contributed by atoms with Crippen molar-refractivity contribution in [3.05, 3.63) is 24.2 Å². The minimum atomic E-state index is -1.08. The van der Waals surface area contributed by atoms with Crippen molar-refractivity contribution >= 4 is 11.9 Å². The molecule has 0 atom stereocenters. The summed E-state index contributed by atoms with van der Waals surface area (Å²) in [5.41, 5.74) is -1.08. The quantitative estimate of drug-likeness (QED) is 0.778. The van der Waals surface area contributed by atoms with Crippen LogP contribution in [0, 0.1) is 0 Å². The number of carboxylic acid groups (broad SMARTS) is 1. The van der Waals surface area contributed by atoms with Crippen LogP contribution < -0.4 is 5.32 Å². The van der Waals surface area contributed by atoms with Gasteiger partial charge in [-0.05, 0) is 31.4 Å². The number of hydrogen-bond acceptors (Lipinski definition) is 3. The van der Waals surface area contributed by atoms with Crippen LogP contribution in [-0.2, 0) is 4.79 Å². The second kappa shape index (κ2) is 3.42. The summed E-state index contributed by atoms with van der Waals surface area (Å²) in [6.45, 7) is 0. The van der Waals surface area contributed by atoms with Crippen LogP contribution in [0.3, 0.4) is 0 Å². The van der Waals surface area contributed by atoms with E-state index in [0.717, 1.165) is 6.42 Å². The van der Waals surface area contributed by atoms with Gasteiger partial charge in [-0.1, -0.05) is 0 Å². The molecule has 1 fully saturated rings. The first kappa shape index (κ1) is 9.76. The van der Waals surface area contributed by atoms with Crippen molar-refractivity contribution in [2.75, 3.05) is 0 Å². The molecule has 1 aromatic heterocycles. The van der Waals surface area contributed by atoms with E-state index in [0.29, 0.717) is 12.8 Å². The fourth-order valence-corrected chi connectivity index (χ4v) is 1.61. The van der Waals surface area contributed by atoms with Crippen molar-refractivity contribution in [1.29, 1.82) is 0 Å². The van der Waals surface area contributed by atoms with Crippen molar-refractivity contribution < 1.29 is 19.1 Å². The molecule has 0 unspecified atom stereocenters. The number of carbonyl (C=O) groups excluding carboxylic acids is 1. The Balaban J connectivity index is 2.08. The van der Waals surface area contributed by atoms with Crippen LogP contribution in [0.2, 0.25) is 0 Å². The van der Waals surface area contributed by atoms with Crippen molar-refractivity contribution in [2.24, 2.45) is 0 Å². The maximum absolute atomic E-state index is 11.6. The van der Waals surface area contributed by atoms with Gasteiger partial charge in [0, 0.05) is 0 Å². The monoisotopic (exact) mass is 209 g/mol. The van der Waals surface area contributed by atoms with Crippen LogP contribution in [0.1, 0.15) is 29.8 Å². The molecule has 5 nitrogen and oxygen atoms in total. The molecule has 1 aliphatic carbocycles. The molecule has 2 N–H and O–H groups in total. The van der Waals surface area contributed by atoms with Gasteiger partial charge in [0.1, 0.15) is 5.54 Å². The lowest BCUT2D eigenvalue weighted by Crippen LogP contribution is -2.59. The molecule has 80 valence electrons. The van der Waals surface area contributed by atoms with Crippen LogP contribution >= 0.6 is 0 Å². The van der Waals surface area contributed by atoms with Gasteiger partial charge in [0.15, 0.2) is 5.76 Å². The summed E-state index contributed by atoms with van der Waals surface area (Å²) in [6.07, 6.45) is 3.16. The van der Waals surface area contributed by atoms with E-state index in [1.165, 1.54) is 12.3 Å². The minimum Gasteiger partial charge on any atom is -0.480 e. The van der Waals surface area contributed by atoms with Crippen molar-refractivity contribution in [2.45, 2.75) is 24.8 Å². The molecule has 1 aromatic rings. The molecule has 15 heavy (non-hydrogen) atoms. The van der Waals surface area contributed by atoms with E-state index < -0.39 is 17.4 Å². The highest BCUT2D eigenvalue weighted by Gasteiger charge is 2.46. The van der Waals surface area contributed by atoms with Crippen LogP contribution in [0.25, 0.3) is 0 Å². The molecule has 1 heterocycles. The zero-order valence-electron chi connectivity index (χ0n) is 8.03. The summed E-state index contributed by atoms with van der Waals surface area (Å²) in [6, 6.07) is 3.09. The summed E-state index contributed by atoms with van der Waals surface area (Å²) in [7, 11) is 0.